The van der Waals surface area contributed by atoms with Crippen molar-refractivity contribution in [3.63, 3.8) is 0 Å². The van der Waals surface area contributed by atoms with Crippen LogP contribution in [0.4, 0.5) is 5.69 Å². The smallest absolute Gasteiger partial charge is 0.105 e. The highest BCUT2D eigenvalue weighted by Gasteiger charge is 2.05. The Labute approximate surface area is 102 Å². The second kappa shape index (κ2) is 5.55. The van der Waals surface area contributed by atoms with E-state index in [0.29, 0.717) is 6.04 Å². The number of nitrogens with two attached hydrogens (primary N) is 1. The number of rotatable bonds is 5. The molecule has 0 fully saturated rings. The van der Waals surface area contributed by atoms with Crippen LogP contribution >= 0.6 is 0 Å². The molecule has 3 heteroatoms. The SMILES string of the molecule is CC(Cc1ccco1)NCc1cccc(N)c1. The molecule has 17 heavy (non-hydrogen) atoms. The minimum atomic E-state index is 0.377. The molecule has 0 saturated carbocycles. The van der Waals surface area contributed by atoms with E-state index < -0.39 is 0 Å². The van der Waals surface area contributed by atoms with Crippen molar-refractivity contribution in [2.45, 2.75) is 25.9 Å². The van der Waals surface area contributed by atoms with E-state index in [-0.39, 0.29) is 0 Å². The number of furan rings is 1. The Balaban J connectivity index is 1.82. The topological polar surface area (TPSA) is 51.2 Å². The van der Waals surface area contributed by atoms with Crippen molar-refractivity contribution in [2.24, 2.45) is 0 Å². The highest BCUT2D eigenvalue weighted by molar-refractivity contribution is 5.40. The van der Waals surface area contributed by atoms with Crippen LogP contribution < -0.4 is 11.1 Å². The summed E-state index contributed by atoms with van der Waals surface area (Å²) in [6, 6.07) is 12.2. The van der Waals surface area contributed by atoms with Crippen LogP contribution in [0.3, 0.4) is 0 Å². The minimum absolute atomic E-state index is 0.377. The molecule has 2 aromatic rings. The molecule has 1 aromatic carbocycles. The van der Waals surface area contributed by atoms with Gasteiger partial charge in [-0.3, -0.25) is 0 Å². The molecule has 2 rings (SSSR count). The molecule has 0 spiro atoms. The first-order chi connectivity index (χ1) is 8.24. The Morgan fingerprint density at radius 2 is 2.18 bits per heavy atom. The number of nitrogen functional groups attached to an aromatic ring is 1. The summed E-state index contributed by atoms with van der Waals surface area (Å²) in [5.74, 6) is 1.01. The molecule has 1 unspecified atom stereocenters. The fourth-order valence-electron chi connectivity index (χ4n) is 1.80. The third-order valence-electron chi connectivity index (χ3n) is 2.69. The quantitative estimate of drug-likeness (QED) is 0.776. The second-order valence-corrected chi connectivity index (χ2v) is 4.31. The fourth-order valence-corrected chi connectivity index (χ4v) is 1.80. The summed E-state index contributed by atoms with van der Waals surface area (Å²) >= 11 is 0. The predicted octanol–water partition coefficient (Wildman–Crippen LogP) is 2.58. The van der Waals surface area contributed by atoms with Gasteiger partial charge in [-0.1, -0.05) is 12.1 Å². The second-order valence-electron chi connectivity index (χ2n) is 4.31. The van der Waals surface area contributed by atoms with Crippen LogP contribution in [0.2, 0.25) is 0 Å². The molecule has 0 aliphatic heterocycles. The summed E-state index contributed by atoms with van der Waals surface area (Å²) in [5, 5.41) is 3.45. The highest BCUT2D eigenvalue weighted by atomic mass is 16.3. The predicted molar refractivity (Wildman–Crippen MR) is 69.6 cm³/mol. The molecule has 0 saturated heterocycles. The Kier molecular flexibility index (Phi) is 3.83. The molecule has 3 nitrogen and oxygen atoms in total. The molecular formula is C14H18N2O. The molecule has 0 aliphatic carbocycles. The molecule has 1 heterocycles. The van der Waals surface area contributed by atoms with Crippen molar-refractivity contribution in [2.75, 3.05) is 5.73 Å². The van der Waals surface area contributed by atoms with Gasteiger partial charge in [-0.2, -0.15) is 0 Å². The summed E-state index contributed by atoms with van der Waals surface area (Å²) < 4.78 is 5.32. The van der Waals surface area contributed by atoms with Gasteiger partial charge in [0.2, 0.25) is 0 Å². The van der Waals surface area contributed by atoms with Crippen LogP contribution in [-0.2, 0) is 13.0 Å². The molecule has 90 valence electrons. The summed E-state index contributed by atoms with van der Waals surface area (Å²) in [6.45, 7) is 2.97. The van der Waals surface area contributed by atoms with Gasteiger partial charge in [0.25, 0.3) is 0 Å². The van der Waals surface area contributed by atoms with Gasteiger partial charge < -0.3 is 15.5 Å². The van der Waals surface area contributed by atoms with Gasteiger partial charge in [-0.25, -0.2) is 0 Å². The van der Waals surface area contributed by atoms with E-state index in [1.165, 1.54) is 5.56 Å². The standard InChI is InChI=1S/C14H18N2O/c1-11(8-14-6-3-7-17-14)16-10-12-4-2-5-13(15)9-12/h2-7,9,11,16H,8,10,15H2,1H3. The van der Waals surface area contributed by atoms with Crippen molar-refractivity contribution < 1.29 is 4.42 Å². The van der Waals surface area contributed by atoms with E-state index in [9.17, 15) is 0 Å². The van der Waals surface area contributed by atoms with Gasteiger partial charge in [0.15, 0.2) is 0 Å². The van der Waals surface area contributed by atoms with E-state index in [1.54, 1.807) is 6.26 Å². The molecule has 3 N–H and O–H groups in total. The van der Waals surface area contributed by atoms with Crippen LogP contribution in [-0.4, -0.2) is 6.04 Å². The lowest BCUT2D eigenvalue weighted by atomic mass is 10.1. The van der Waals surface area contributed by atoms with Gasteiger partial charge in [0.05, 0.1) is 6.26 Å². The summed E-state index contributed by atoms with van der Waals surface area (Å²) in [5.41, 5.74) is 7.75. The lowest BCUT2D eigenvalue weighted by molar-refractivity contribution is 0.456. The lowest BCUT2D eigenvalue weighted by Crippen LogP contribution is -2.27. The lowest BCUT2D eigenvalue weighted by Gasteiger charge is -2.12. The maximum atomic E-state index is 5.73. The van der Waals surface area contributed by atoms with Crippen LogP contribution in [0.1, 0.15) is 18.2 Å². The van der Waals surface area contributed by atoms with E-state index in [1.807, 2.05) is 30.3 Å². The first kappa shape index (κ1) is 11.7. The van der Waals surface area contributed by atoms with Crippen molar-refractivity contribution >= 4 is 5.69 Å². The molecule has 0 bridgehead atoms. The normalized spacial score (nSPS) is 12.5. The summed E-state index contributed by atoms with van der Waals surface area (Å²) in [6.07, 6.45) is 2.61. The van der Waals surface area contributed by atoms with Gasteiger partial charge in [0, 0.05) is 24.7 Å². The molecule has 0 amide bonds. The van der Waals surface area contributed by atoms with Crippen LogP contribution in [0.25, 0.3) is 0 Å². The first-order valence-electron chi connectivity index (χ1n) is 5.84. The third kappa shape index (κ3) is 3.64. The monoisotopic (exact) mass is 230 g/mol. The van der Waals surface area contributed by atoms with Crippen molar-refractivity contribution in [3.05, 3.63) is 54.0 Å². The molecule has 0 aliphatic rings. The van der Waals surface area contributed by atoms with Gasteiger partial charge in [-0.15, -0.1) is 0 Å². The largest absolute Gasteiger partial charge is 0.469 e. The van der Waals surface area contributed by atoms with Gasteiger partial charge in [-0.05, 0) is 36.8 Å². The third-order valence-corrected chi connectivity index (χ3v) is 2.69. The van der Waals surface area contributed by atoms with Gasteiger partial charge in [0.1, 0.15) is 5.76 Å². The number of hydrogen-bond acceptors (Lipinski definition) is 3. The maximum Gasteiger partial charge on any atom is 0.105 e. The zero-order chi connectivity index (χ0) is 12.1. The zero-order valence-electron chi connectivity index (χ0n) is 10.0. The van der Waals surface area contributed by atoms with E-state index in [4.69, 9.17) is 10.2 Å². The Hall–Kier alpha value is -1.74. The highest BCUT2D eigenvalue weighted by Crippen LogP contribution is 2.08. The molecular weight excluding hydrogens is 212 g/mol. The Bertz CT molecular complexity index is 451. The summed E-state index contributed by atoms with van der Waals surface area (Å²) in [4.78, 5) is 0. The average Bonchev–Trinajstić information content (AvgIpc) is 2.79. The maximum absolute atomic E-state index is 5.73. The first-order valence-corrected chi connectivity index (χ1v) is 5.84. The van der Waals surface area contributed by atoms with E-state index in [0.717, 1.165) is 24.4 Å². The van der Waals surface area contributed by atoms with E-state index >= 15 is 0 Å². The van der Waals surface area contributed by atoms with E-state index in [2.05, 4.69) is 18.3 Å². The Morgan fingerprint density at radius 3 is 2.88 bits per heavy atom. The number of benzene rings is 1. The van der Waals surface area contributed by atoms with Crippen LogP contribution in [0.15, 0.2) is 47.1 Å². The fraction of sp³-hybridized carbons (Fsp3) is 0.286. The summed E-state index contributed by atoms with van der Waals surface area (Å²) in [7, 11) is 0. The van der Waals surface area contributed by atoms with Crippen molar-refractivity contribution in [1.29, 1.82) is 0 Å². The van der Waals surface area contributed by atoms with Gasteiger partial charge >= 0.3 is 0 Å². The average molecular weight is 230 g/mol. The number of anilines is 1. The Morgan fingerprint density at radius 1 is 1.29 bits per heavy atom. The van der Waals surface area contributed by atoms with Crippen molar-refractivity contribution in [3.8, 4) is 0 Å². The number of nitrogens with one attached hydrogen (secondary N) is 1. The van der Waals surface area contributed by atoms with Crippen LogP contribution in [0, 0.1) is 0 Å². The number of hydrogen-bond donors (Lipinski definition) is 2. The molecule has 1 aromatic heterocycles. The minimum Gasteiger partial charge on any atom is -0.469 e. The van der Waals surface area contributed by atoms with Crippen LogP contribution in [0.5, 0.6) is 0 Å². The zero-order valence-corrected chi connectivity index (χ0v) is 10.0. The van der Waals surface area contributed by atoms with Crippen molar-refractivity contribution in [1.82, 2.24) is 5.32 Å². The molecule has 1 atom stereocenters. The molecule has 0 radical (unpaired) electrons.